The van der Waals surface area contributed by atoms with E-state index >= 15 is 0 Å². The lowest BCUT2D eigenvalue weighted by molar-refractivity contribution is 0.0741. The van der Waals surface area contributed by atoms with Gasteiger partial charge in [-0.05, 0) is 67.1 Å². The minimum Gasteiger partial charge on any atom is -0.493 e. The van der Waals surface area contributed by atoms with Gasteiger partial charge in [-0.3, -0.25) is 4.79 Å². The summed E-state index contributed by atoms with van der Waals surface area (Å²) in [4.78, 5) is 17.9. The third kappa shape index (κ3) is 6.19. The molecule has 2 N–H and O–H groups in total. The van der Waals surface area contributed by atoms with Crippen LogP contribution in [0.25, 0.3) is 10.9 Å². The topological polar surface area (TPSA) is 81.1 Å². The van der Waals surface area contributed by atoms with Gasteiger partial charge in [-0.25, -0.2) is 0 Å². The molecule has 0 radical (unpaired) electrons. The number of azo groups is 1. The van der Waals surface area contributed by atoms with Crippen LogP contribution in [0.15, 0.2) is 57.2 Å². The summed E-state index contributed by atoms with van der Waals surface area (Å²) in [5.74, 6) is 1.12. The molecule has 1 heterocycles. The molecular weight excluding hydrogens is 468 g/mol. The highest BCUT2D eigenvalue weighted by Crippen LogP contribution is 2.37. The number of carbonyl (C=O) groups excluding carboxylic acids is 1. The van der Waals surface area contributed by atoms with Crippen molar-refractivity contribution in [3.63, 3.8) is 0 Å². The van der Waals surface area contributed by atoms with E-state index in [4.69, 9.17) is 0 Å². The number of carbonyl (C=O) groups is 1. The molecule has 0 unspecified atom stereocenters. The zero-order valence-electron chi connectivity index (χ0n) is 19.1. The molecule has 6 nitrogen and oxygen atoms in total. The number of rotatable bonds is 9. The number of aromatic hydroxyl groups is 1. The van der Waals surface area contributed by atoms with E-state index in [2.05, 4.69) is 58.8 Å². The van der Waals surface area contributed by atoms with E-state index in [9.17, 15) is 9.90 Å². The molecule has 0 atom stereocenters. The van der Waals surface area contributed by atoms with E-state index in [1.165, 1.54) is 0 Å². The first-order valence-corrected chi connectivity index (χ1v) is 11.8. The molecule has 0 aliphatic rings. The Kier molecular flexibility index (Phi) is 8.07. The summed E-state index contributed by atoms with van der Waals surface area (Å²) in [6, 6.07) is 12.8. The maximum Gasteiger partial charge on any atom is 0.253 e. The number of nitrogens with one attached hydrogen (secondary N) is 1. The van der Waals surface area contributed by atoms with Crippen molar-refractivity contribution < 1.29 is 9.90 Å². The smallest absolute Gasteiger partial charge is 0.253 e. The van der Waals surface area contributed by atoms with E-state index in [1.54, 1.807) is 24.3 Å². The predicted molar refractivity (Wildman–Crippen MR) is 133 cm³/mol. The first-order chi connectivity index (χ1) is 15.2. The molecule has 7 heteroatoms. The van der Waals surface area contributed by atoms with Gasteiger partial charge in [-0.1, -0.05) is 43.6 Å². The molecule has 0 aliphatic heterocycles. The summed E-state index contributed by atoms with van der Waals surface area (Å²) in [5, 5.41) is 19.5. The van der Waals surface area contributed by atoms with Crippen LogP contribution in [0.4, 0.5) is 11.4 Å². The molecule has 170 valence electrons. The first kappa shape index (κ1) is 24.0. The van der Waals surface area contributed by atoms with Gasteiger partial charge in [0.15, 0.2) is 5.69 Å². The molecule has 0 aliphatic carbocycles. The second kappa shape index (κ2) is 10.8. The number of fused-ring (bicyclic) bond motifs is 1. The van der Waals surface area contributed by atoms with Crippen LogP contribution in [0.2, 0.25) is 0 Å². The molecule has 1 aromatic heterocycles. The Morgan fingerprint density at radius 3 is 2.22 bits per heavy atom. The maximum atomic E-state index is 13.1. The van der Waals surface area contributed by atoms with Gasteiger partial charge >= 0.3 is 0 Å². The number of hydrogen-bond acceptors (Lipinski definition) is 4. The fourth-order valence-corrected chi connectivity index (χ4v) is 3.70. The highest BCUT2D eigenvalue weighted by Gasteiger charge is 2.17. The number of aromatic nitrogens is 1. The molecule has 0 fully saturated rings. The summed E-state index contributed by atoms with van der Waals surface area (Å²) < 4.78 is 0.891. The fraction of sp³-hybridized carbons (Fsp3) is 0.400. The Hall–Kier alpha value is -2.67. The average Bonchev–Trinajstić information content (AvgIpc) is 3.06. The summed E-state index contributed by atoms with van der Waals surface area (Å²) in [7, 11) is 0. The van der Waals surface area contributed by atoms with Gasteiger partial charge in [0.25, 0.3) is 5.91 Å². The van der Waals surface area contributed by atoms with Crippen molar-refractivity contribution in [2.45, 2.75) is 40.5 Å². The Labute approximate surface area is 197 Å². The van der Waals surface area contributed by atoms with Gasteiger partial charge in [0, 0.05) is 28.5 Å². The van der Waals surface area contributed by atoms with Crippen LogP contribution in [0, 0.1) is 11.8 Å². The molecule has 3 rings (SSSR count). The molecule has 32 heavy (non-hydrogen) atoms. The molecule has 1 amide bonds. The van der Waals surface area contributed by atoms with E-state index in [1.807, 2.05) is 23.1 Å². The molecule has 2 aromatic carbocycles. The lowest BCUT2D eigenvalue weighted by Gasteiger charge is -2.24. The van der Waals surface area contributed by atoms with E-state index in [0.29, 0.717) is 28.8 Å². The van der Waals surface area contributed by atoms with Crippen molar-refractivity contribution in [1.82, 2.24) is 9.88 Å². The Balaban J connectivity index is 1.75. The van der Waals surface area contributed by atoms with Gasteiger partial charge in [0.05, 0.1) is 11.2 Å². The van der Waals surface area contributed by atoms with Crippen LogP contribution in [-0.2, 0) is 0 Å². The predicted octanol–water partition coefficient (Wildman–Crippen LogP) is 7.59. The normalized spacial score (nSPS) is 11.8. The standard InChI is InChI=1S/C25H31BrN4O2/c1-16(2)11-13-30(14-12-17(3)4)25(32)18-5-8-20(9-6-18)28-29-23-21-15-19(26)7-10-22(21)27-24(23)31/h5-10,15-17,27,31H,11-14H2,1-4H3. The van der Waals surface area contributed by atoms with E-state index in [0.717, 1.165) is 41.3 Å². The van der Waals surface area contributed by atoms with Crippen molar-refractivity contribution in [2.24, 2.45) is 22.1 Å². The summed E-state index contributed by atoms with van der Waals surface area (Å²) in [5.41, 5.74) is 2.43. The molecule has 0 bridgehead atoms. The molecule has 0 saturated heterocycles. The zero-order chi connectivity index (χ0) is 23.3. The summed E-state index contributed by atoms with van der Waals surface area (Å²) in [6.07, 6.45) is 1.97. The number of hydrogen-bond donors (Lipinski definition) is 2. The van der Waals surface area contributed by atoms with Gasteiger partial charge in [-0.15, -0.1) is 5.11 Å². The third-order valence-corrected chi connectivity index (χ3v) is 5.83. The monoisotopic (exact) mass is 498 g/mol. The second-order valence-electron chi connectivity index (χ2n) is 8.92. The SMILES string of the molecule is CC(C)CCN(CCC(C)C)C(=O)c1ccc(N=Nc2c(O)[nH]c3ccc(Br)cc23)cc1. The number of aromatic amines is 1. The number of benzene rings is 2. The van der Waals surface area contributed by atoms with Crippen LogP contribution < -0.4 is 0 Å². The van der Waals surface area contributed by atoms with Crippen LogP contribution in [0.3, 0.4) is 0 Å². The number of amides is 1. The number of H-pyrrole nitrogens is 1. The Morgan fingerprint density at radius 2 is 1.62 bits per heavy atom. The molecular formula is C25H31BrN4O2. The van der Waals surface area contributed by atoms with Gasteiger partial charge in [-0.2, -0.15) is 5.11 Å². The van der Waals surface area contributed by atoms with Crippen LogP contribution in [-0.4, -0.2) is 34.0 Å². The van der Waals surface area contributed by atoms with Crippen molar-refractivity contribution in [2.75, 3.05) is 13.1 Å². The Morgan fingerprint density at radius 1 is 1.00 bits per heavy atom. The highest BCUT2D eigenvalue weighted by atomic mass is 79.9. The number of nitrogens with zero attached hydrogens (tertiary/aromatic N) is 3. The Bertz CT molecular complexity index is 1080. The van der Waals surface area contributed by atoms with Crippen molar-refractivity contribution in [1.29, 1.82) is 0 Å². The minimum atomic E-state index is -0.0282. The minimum absolute atomic E-state index is 0.0282. The van der Waals surface area contributed by atoms with Crippen LogP contribution >= 0.6 is 15.9 Å². The number of halogens is 1. The van der Waals surface area contributed by atoms with Crippen molar-refractivity contribution in [3.8, 4) is 5.88 Å². The lowest BCUT2D eigenvalue weighted by Crippen LogP contribution is -2.34. The summed E-state index contributed by atoms with van der Waals surface area (Å²) >= 11 is 3.44. The zero-order valence-corrected chi connectivity index (χ0v) is 20.7. The molecule has 0 saturated carbocycles. The van der Waals surface area contributed by atoms with Gasteiger partial charge < -0.3 is 15.0 Å². The quantitative estimate of drug-likeness (QED) is 0.298. The molecule has 0 spiro atoms. The maximum absolute atomic E-state index is 13.1. The third-order valence-electron chi connectivity index (χ3n) is 5.33. The second-order valence-corrected chi connectivity index (χ2v) is 9.83. The molecule has 3 aromatic rings. The fourth-order valence-electron chi connectivity index (χ4n) is 3.34. The highest BCUT2D eigenvalue weighted by molar-refractivity contribution is 9.10. The summed E-state index contributed by atoms with van der Waals surface area (Å²) in [6.45, 7) is 10.2. The largest absolute Gasteiger partial charge is 0.493 e. The van der Waals surface area contributed by atoms with E-state index in [-0.39, 0.29) is 11.8 Å². The average molecular weight is 499 g/mol. The first-order valence-electron chi connectivity index (χ1n) is 11.1. The van der Waals surface area contributed by atoms with Crippen LogP contribution in [0.1, 0.15) is 50.9 Å². The van der Waals surface area contributed by atoms with Crippen LogP contribution in [0.5, 0.6) is 5.88 Å². The van der Waals surface area contributed by atoms with Gasteiger partial charge in [0.1, 0.15) is 0 Å². The van der Waals surface area contributed by atoms with Crippen molar-refractivity contribution >= 4 is 44.1 Å². The van der Waals surface area contributed by atoms with Crippen molar-refractivity contribution in [3.05, 3.63) is 52.5 Å². The van der Waals surface area contributed by atoms with Gasteiger partial charge in [0.2, 0.25) is 5.88 Å². The lowest BCUT2D eigenvalue weighted by atomic mass is 10.1. The van der Waals surface area contributed by atoms with E-state index < -0.39 is 0 Å².